The Bertz CT molecular complexity index is 995. The van der Waals surface area contributed by atoms with Gasteiger partial charge < -0.3 is 4.74 Å². The minimum absolute atomic E-state index is 0.0278. The number of ether oxygens (including phenoxy) is 1. The Kier molecular flexibility index (Phi) is 11.3. The summed E-state index contributed by atoms with van der Waals surface area (Å²) in [5.74, 6) is 0.909. The van der Waals surface area contributed by atoms with Crippen LogP contribution in [0, 0.1) is 29.4 Å². The summed E-state index contributed by atoms with van der Waals surface area (Å²) in [6.45, 7) is 4.38. The monoisotopic (exact) mass is 522 g/mol. The normalized spacial score (nSPS) is 24.1. The lowest BCUT2D eigenvalue weighted by molar-refractivity contribution is 0.170. The maximum Gasteiger partial charge on any atom is 0.200 e. The van der Waals surface area contributed by atoms with E-state index in [1.165, 1.54) is 62.5 Å². The van der Waals surface area contributed by atoms with E-state index in [4.69, 9.17) is 4.74 Å². The lowest BCUT2D eigenvalue weighted by atomic mass is 9.68. The highest BCUT2D eigenvalue weighted by Gasteiger charge is 2.32. The van der Waals surface area contributed by atoms with Crippen LogP contribution < -0.4 is 4.74 Å². The molecule has 0 saturated heterocycles. The zero-order chi connectivity index (χ0) is 26.7. The summed E-state index contributed by atoms with van der Waals surface area (Å²) in [4.78, 5) is 0. The maximum atomic E-state index is 14.7. The SMILES string of the molecule is CCCCCc1ccc(CC/C=C/C2CCC(C3CCC(c4ccc(OCC)c(F)c4F)CC3)CC2)cc1. The van der Waals surface area contributed by atoms with Gasteiger partial charge in [-0.15, -0.1) is 0 Å². The van der Waals surface area contributed by atoms with E-state index in [0.29, 0.717) is 12.2 Å². The molecule has 0 spiro atoms. The highest BCUT2D eigenvalue weighted by molar-refractivity contribution is 5.33. The quantitative estimate of drug-likeness (QED) is 0.199. The van der Waals surface area contributed by atoms with E-state index in [-0.39, 0.29) is 11.7 Å². The third-order valence-electron chi connectivity index (χ3n) is 9.17. The van der Waals surface area contributed by atoms with Crippen molar-refractivity contribution < 1.29 is 13.5 Å². The molecule has 4 rings (SSSR count). The molecule has 2 aromatic rings. The van der Waals surface area contributed by atoms with Crippen molar-refractivity contribution in [1.82, 2.24) is 0 Å². The van der Waals surface area contributed by atoms with Gasteiger partial charge in [0.05, 0.1) is 6.61 Å². The summed E-state index contributed by atoms with van der Waals surface area (Å²) >= 11 is 0. The average Bonchev–Trinajstić information content (AvgIpc) is 2.95. The third kappa shape index (κ3) is 7.93. The Labute approximate surface area is 230 Å². The standard InChI is InChI=1S/C35H48F2O/c1-3-5-6-9-26-12-14-27(15-13-26)10-7-8-11-28-16-18-29(19-17-28)30-20-22-31(23-21-30)32-24-25-33(38-4-2)35(37)34(32)36/h8,11-15,24-25,28-31H,3-7,9-10,16-23H2,1-2H3/b11-8+. The van der Waals surface area contributed by atoms with Crippen molar-refractivity contribution in [3.63, 3.8) is 0 Å². The van der Waals surface area contributed by atoms with Gasteiger partial charge in [0.25, 0.3) is 0 Å². The molecular weight excluding hydrogens is 474 g/mol. The molecule has 0 aromatic heterocycles. The fourth-order valence-electron chi connectivity index (χ4n) is 6.83. The van der Waals surface area contributed by atoms with Gasteiger partial charge in [-0.25, -0.2) is 4.39 Å². The van der Waals surface area contributed by atoms with Gasteiger partial charge in [0, 0.05) is 0 Å². The van der Waals surface area contributed by atoms with Crippen LogP contribution in [-0.4, -0.2) is 6.61 Å². The topological polar surface area (TPSA) is 9.23 Å². The van der Waals surface area contributed by atoms with Crippen LogP contribution in [0.3, 0.4) is 0 Å². The number of allylic oxidation sites excluding steroid dienone is 2. The largest absolute Gasteiger partial charge is 0.491 e. The summed E-state index contributed by atoms with van der Waals surface area (Å²) in [7, 11) is 0. The summed E-state index contributed by atoms with van der Waals surface area (Å²) < 4.78 is 34.3. The smallest absolute Gasteiger partial charge is 0.200 e. The fourth-order valence-corrected chi connectivity index (χ4v) is 6.83. The summed E-state index contributed by atoms with van der Waals surface area (Å²) in [6, 6.07) is 12.6. The molecule has 208 valence electrons. The molecule has 0 radical (unpaired) electrons. The van der Waals surface area contributed by atoms with Crippen molar-refractivity contribution in [2.45, 2.75) is 110 Å². The fraction of sp³-hybridized carbons (Fsp3) is 0.600. The van der Waals surface area contributed by atoms with E-state index in [0.717, 1.165) is 56.3 Å². The van der Waals surface area contributed by atoms with E-state index < -0.39 is 11.6 Å². The highest BCUT2D eigenvalue weighted by Crippen LogP contribution is 2.45. The highest BCUT2D eigenvalue weighted by atomic mass is 19.2. The van der Waals surface area contributed by atoms with Crippen molar-refractivity contribution in [2.24, 2.45) is 17.8 Å². The first-order valence-corrected chi connectivity index (χ1v) is 15.4. The number of rotatable bonds is 12. The van der Waals surface area contributed by atoms with Gasteiger partial charge in [-0.2, -0.15) is 4.39 Å². The molecule has 2 aliphatic carbocycles. The minimum atomic E-state index is -0.825. The Morgan fingerprint density at radius 3 is 2.00 bits per heavy atom. The second-order valence-electron chi connectivity index (χ2n) is 11.7. The lowest BCUT2D eigenvalue weighted by Gasteiger charge is -2.37. The maximum absolute atomic E-state index is 14.7. The summed E-state index contributed by atoms with van der Waals surface area (Å²) in [6.07, 6.45) is 21.7. The number of halogens is 2. The van der Waals surface area contributed by atoms with E-state index in [1.807, 2.05) is 0 Å². The Morgan fingerprint density at radius 1 is 0.737 bits per heavy atom. The van der Waals surface area contributed by atoms with Crippen molar-refractivity contribution in [1.29, 1.82) is 0 Å². The molecule has 0 aliphatic heterocycles. The van der Waals surface area contributed by atoms with Gasteiger partial charge >= 0.3 is 0 Å². The van der Waals surface area contributed by atoms with Crippen LogP contribution in [0.25, 0.3) is 0 Å². The van der Waals surface area contributed by atoms with E-state index in [2.05, 4.69) is 43.3 Å². The molecule has 0 bridgehead atoms. The van der Waals surface area contributed by atoms with Crippen LogP contribution in [0.5, 0.6) is 5.75 Å². The predicted octanol–water partition coefficient (Wildman–Crippen LogP) is 10.4. The van der Waals surface area contributed by atoms with Gasteiger partial charge in [0.15, 0.2) is 11.6 Å². The van der Waals surface area contributed by atoms with Crippen LogP contribution >= 0.6 is 0 Å². The first-order chi connectivity index (χ1) is 18.6. The molecule has 0 unspecified atom stereocenters. The number of hydrogen-bond acceptors (Lipinski definition) is 1. The second kappa shape index (κ2) is 14.8. The van der Waals surface area contributed by atoms with Gasteiger partial charge in [-0.3, -0.25) is 0 Å². The number of aryl methyl sites for hydroxylation is 2. The first-order valence-electron chi connectivity index (χ1n) is 15.4. The summed E-state index contributed by atoms with van der Waals surface area (Å²) in [5.41, 5.74) is 3.46. The number of hydrogen-bond donors (Lipinski definition) is 0. The molecule has 3 heteroatoms. The van der Waals surface area contributed by atoms with Crippen LogP contribution in [0.15, 0.2) is 48.6 Å². The molecule has 0 atom stereocenters. The van der Waals surface area contributed by atoms with Gasteiger partial charge in [0.2, 0.25) is 5.82 Å². The zero-order valence-electron chi connectivity index (χ0n) is 23.7. The Hall–Kier alpha value is -2.16. The van der Waals surface area contributed by atoms with Crippen molar-refractivity contribution in [3.05, 3.63) is 76.9 Å². The van der Waals surface area contributed by atoms with E-state index >= 15 is 0 Å². The molecular formula is C35H48F2O. The van der Waals surface area contributed by atoms with Crippen molar-refractivity contribution >= 4 is 0 Å². The Balaban J connectivity index is 1.15. The zero-order valence-corrected chi connectivity index (χ0v) is 23.7. The van der Waals surface area contributed by atoms with Crippen LogP contribution in [0.2, 0.25) is 0 Å². The molecule has 2 saturated carbocycles. The minimum Gasteiger partial charge on any atom is -0.491 e. The molecule has 0 N–H and O–H groups in total. The summed E-state index contributed by atoms with van der Waals surface area (Å²) in [5, 5.41) is 0. The second-order valence-corrected chi connectivity index (χ2v) is 11.7. The predicted molar refractivity (Wildman–Crippen MR) is 155 cm³/mol. The molecule has 1 nitrogen and oxygen atoms in total. The van der Waals surface area contributed by atoms with Crippen LogP contribution in [0.1, 0.15) is 114 Å². The molecule has 38 heavy (non-hydrogen) atoms. The van der Waals surface area contributed by atoms with Gasteiger partial charge in [0.1, 0.15) is 0 Å². The lowest BCUT2D eigenvalue weighted by Crippen LogP contribution is -2.25. The molecule has 2 aromatic carbocycles. The van der Waals surface area contributed by atoms with E-state index in [1.54, 1.807) is 19.1 Å². The molecule has 2 fully saturated rings. The van der Waals surface area contributed by atoms with Crippen LogP contribution in [0.4, 0.5) is 8.78 Å². The van der Waals surface area contributed by atoms with Crippen LogP contribution in [-0.2, 0) is 12.8 Å². The first kappa shape index (κ1) is 28.8. The number of benzene rings is 2. The Morgan fingerprint density at radius 2 is 1.37 bits per heavy atom. The molecule has 0 amide bonds. The van der Waals surface area contributed by atoms with E-state index in [9.17, 15) is 8.78 Å². The number of unbranched alkanes of at least 4 members (excludes halogenated alkanes) is 2. The van der Waals surface area contributed by atoms with Gasteiger partial charge in [-0.1, -0.05) is 62.2 Å². The van der Waals surface area contributed by atoms with Crippen molar-refractivity contribution in [2.75, 3.05) is 6.61 Å². The molecule has 2 aliphatic rings. The van der Waals surface area contributed by atoms with Crippen molar-refractivity contribution in [3.8, 4) is 5.75 Å². The van der Waals surface area contributed by atoms with Gasteiger partial charge in [-0.05, 0) is 130 Å². The third-order valence-corrected chi connectivity index (χ3v) is 9.17. The average molecular weight is 523 g/mol. The molecule has 0 heterocycles.